The van der Waals surface area contributed by atoms with Gasteiger partial charge in [0.25, 0.3) is 11.8 Å². The van der Waals surface area contributed by atoms with Gasteiger partial charge in [-0.15, -0.1) is 0 Å². The van der Waals surface area contributed by atoms with Crippen LogP contribution in [0.15, 0.2) is 66.5 Å². The van der Waals surface area contributed by atoms with Crippen molar-refractivity contribution < 1.29 is 19.1 Å². The van der Waals surface area contributed by atoms with Crippen LogP contribution in [0.4, 0.5) is 10.5 Å². The smallest absolute Gasteiger partial charge is 0.336 e. The number of hydrogen-bond donors (Lipinski definition) is 1. The first-order valence-electron chi connectivity index (χ1n) is 9.07. The number of halogens is 2. The summed E-state index contributed by atoms with van der Waals surface area (Å²) in [5.41, 5.74) is 1.35. The molecule has 3 aromatic rings. The first-order valence-corrected chi connectivity index (χ1v) is 9.82. The van der Waals surface area contributed by atoms with Crippen molar-refractivity contribution in [3.8, 4) is 11.4 Å². The molecule has 31 heavy (non-hydrogen) atoms. The largest absolute Gasteiger partial charge is 0.497 e. The van der Waals surface area contributed by atoms with Crippen molar-refractivity contribution in [2.45, 2.75) is 0 Å². The lowest BCUT2D eigenvalue weighted by atomic mass is 10.1. The van der Waals surface area contributed by atoms with Gasteiger partial charge in [0, 0.05) is 18.1 Å². The molecule has 0 bridgehead atoms. The van der Waals surface area contributed by atoms with Gasteiger partial charge >= 0.3 is 6.03 Å². The van der Waals surface area contributed by atoms with Gasteiger partial charge in [-0.1, -0.05) is 29.3 Å². The van der Waals surface area contributed by atoms with Crippen LogP contribution in [-0.2, 0) is 9.59 Å². The van der Waals surface area contributed by atoms with Gasteiger partial charge in [0.15, 0.2) is 0 Å². The molecule has 0 saturated carbocycles. The first-order chi connectivity index (χ1) is 14.9. The number of aromatic nitrogens is 1. The molecule has 2 aromatic carbocycles. The van der Waals surface area contributed by atoms with Gasteiger partial charge in [0.2, 0.25) is 0 Å². The zero-order valence-corrected chi connectivity index (χ0v) is 17.6. The topological polar surface area (TPSA) is 80.6 Å². The van der Waals surface area contributed by atoms with E-state index in [0.29, 0.717) is 5.56 Å². The van der Waals surface area contributed by atoms with E-state index < -0.39 is 17.8 Å². The number of hydrogen-bond acceptors (Lipinski definition) is 4. The number of ether oxygens (including phenoxy) is 1. The number of anilines is 1. The number of amides is 4. The van der Waals surface area contributed by atoms with E-state index >= 15 is 0 Å². The van der Waals surface area contributed by atoms with Crippen molar-refractivity contribution >= 4 is 52.8 Å². The molecule has 156 valence electrons. The van der Waals surface area contributed by atoms with Crippen molar-refractivity contribution in [3.05, 3.63) is 82.1 Å². The molecule has 1 saturated heterocycles. The van der Waals surface area contributed by atoms with Gasteiger partial charge in [-0.2, -0.15) is 0 Å². The zero-order chi connectivity index (χ0) is 22.1. The normalized spacial score (nSPS) is 15.4. The van der Waals surface area contributed by atoms with Gasteiger partial charge in [-0.05, 0) is 54.1 Å². The lowest BCUT2D eigenvalue weighted by Crippen LogP contribution is -2.54. The lowest BCUT2D eigenvalue weighted by Gasteiger charge is -2.27. The summed E-state index contributed by atoms with van der Waals surface area (Å²) in [5.74, 6) is -0.858. The van der Waals surface area contributed by atoms with Crippen molar-refractivity contribution in [3.63, 3.8) is 0 Å². The predicted octanol–water partition coefficient (Wildman–Crippen LogP) is 4.46. The quantitative estimate of drug-likeness (QED) is 0.465. The summed E-state index contributed by atoms with van der Waals surface area (Å²) < 4.78 is 6.98. The van der Waals surface area contributed by atoms with Crippen molar-refractivity contribution in [2.75, 3.05) is 12.0 Å². The molecule has 1 aromatic heterocycles. The van der Waals surface area contributed by atoms with Gasteiger partial charge in [-0.25, -0.2) is 9.69 Å². The molecule has 0 atom stereocenters. The summed E-state index contributed by atoms with van der Waals surface area (Å²) in [7, 11) is 1.59. The monoisotopic (exact) mass is 455 g/mol. The molecule has 4 amide bonds. The first kappa shape index (κ1) is 20.7. The molecule has 4 rings (SSSR count). The number of carbonyl (C=O) groups excluding carboxylic acids is 3. The number of nitrogens with one attached hydrogen (secondary N) is 1. The number of methoxy groups -OCH3 is 1. The molecule has 0 unspecified atom stereocenters. The Morgan fingerprint density at radius 1 is 1.00 bits per heavy atom. The molecule has 1 aliphatic heterocycles. The van der Waals surface area contributed by atoms with E-state index in [4.69, 9.17) is 27.9 Å². The summed E-state index contributed by atoms with van der Waals surface area (Å²) in [6, 6.07) is 12.8. The van der Waals surface area contributed by atoms with Crippen molar-refractivity contribution in [1.29, 1.82) is 0 Å². The average Bonchev–Trinajstić information content (AvgIpc) is 3.23. The second-order valence-electron chi connectivity index (χ2n) is 6.58. The third-order valence-corrected chi connectivity index (χ3v) is 5.48. The summed E-state index contributed by atoms with van der Waals surface area (Å²) in [6.07, 6.45) is 4.95. The lowest BCUT2D eigenvalue weighted by molar-refractivity contribution is -0.122. The molecule has 0 aliphatic carbocycles. The van der Waals surface area contributed by atoms with Crippen molar-refractivity contribution in [2.24, 2.45) is 0 Å². The average molecular weight is 456 g/mol. The number of nitrogens with zero attached hydrogens (tertiary/aromatic N) is 2. The number of imide groups is 2. The maximum absolute atomic E-state index is 13.0. The molecule has 7 nitrogen and oxygen atoms in total. The molecular weight excluding hydrogens is 441 g/mol. The van der Waals surface area contributed by atoms with Gasteiger partial charge in [0.05, 0.1) is 22.8 Å². The van der Waals surface area contributed by atoms with Crippen LogP contribution in [0, 0.1) is 0 Å². The van der Waals surface area contributed by atoms with E-state index in [1.807, 2.05) is 28.8 Å². The summed E-state index contributed by atoms with van der Waals surface area (Å²) >= 11 is 12.2. The van der Waals surface area contributed by atoms with Crippen LogP contribution in [-0.4, -0.2) is 29.5 Å². The van der Waals surface area contributed by atoms with Crippen LogP contribution in [0.1, 0.15) is 5.56 Å². The van der Waals surface area contributed by atoms with E-state index in [1.165, 1.54) is 18.2 Å². The fourth-order valence-corrected chi connectivity index (χ4v) is 3.50. The molecule has 0 radical (unpaired) electrons. The minimum absolute atomic E-state index is 0.0343. The summed E-state index contributed by atoms with van der Waals surface area (Å²) in [5, 5.41) is 2.38. The highest BCUT2D eigenvalue weighted by Gasteiger charge is 2.38. The predicted molar refractivity (Wildman–Crippen MR) is 118 cm³/mol. The number of carbonyl (C=O) groups is 3. The number of barbiturate groups is 1. The molecule has 1 fully saturated rings. The number of rotatable bonds is 4. The van der Waals surface area contributed by atoms with Crippen LogP contribution >= 0.6 is 23.2 Å². The Morgan fingerprint density at radius 2 is 1.74 bits per heavy atom. The second-order valence-corrected chi connectivity index (χ2v) is 7.37. The number of urea groups is 1. The second kappa shape index (κ2) is 8.29. The SMILES string of the molecule is COc1ccc(-n2ccc(/C=C3/C(=O)NC(=O)N(c4cccc(Cl)c4Cl)C3=O)c2)cc1. The van der Waals surface area contributed by atoms with E-state index in [9.17, 15) is 14.4 Å². The third kappa shape index (κ3) is 3.93. The maximum atomic E-state index is 13.0. The molecule has 9 heteroatoms. The molecule has 0 spiro atoms. The molecule has 2 heterocycles. The molecule has 1 N–H and O–H groups in total. The Bertz CT molecular complexity index is 1230. The fraction of sp³-hybridized carbons (Fsp3) is 0.0455. The molecule has 1 aliphatic rings. The Labute approximate surface area is 187 Å². The van der Waals surface area contributed by atoms with E-state index in [1.54, 1.807) is 31.6 Å². The van der Waals surface area contributed by atoms with Crippen LogP contribution < -0.4 is 15.0 Å². The summed E-state index contributed by atoms with van der Waals surface area (Å²) in [4.78, 5) is 38.5. The standard InChI is InChI=1S/C22H15Cl2N3O4/c1-31-15-7-5-14(6-8-15)26-10-9-13(12-26)11-16-20(28)25-22(30)27(21(16)29)18-4-2-3-17(23)19(18)24/h2-12H,1H3,(H,25,28,30)/b16-11-. The maximum Gasteiger partial charge on any atom is 0.336 e. The minimum atomic E-state index is -0.896. The highest BCUT2D eigenvalue weighted by atomic mass is 35.5. The Balaban J connectivity index is 1.67. The summed E-state index contributed by atoms with van der Waals surface area (Å²) in [6.45, 7) is 0. The Kier molecular flexibility index (Phi) is 5.54. The van der Waals surface area contributed by atoms with Crippen LogP contribution in [0.2, 0.25) is 10.0 Å². The van der Waals surface area contributed by atoms with Gasteiger partial charge in [-0.3, -0.25) is 14.9 Å². The number of benzene rings is 2. The molecular formula is C22H15Cl2N3O4. The van der Waals surface area contributed by atoms with Gasteiger partial charge in [0.1, 0.15) is 11.3 Å². The van der Waals surface area contributed by atoms with Crippen LogP contribution in [0.3, 0.4) is 0 Å². The fourth-order valence-electron chi connectivity index (χ4n) is 3.12. The van der Waals surface area contributed by atoms with Crippen LogP contribution in [0.25, 0.3) is 11.8 Å². The highest BCUT2D eigenvalue weighted by Crippen LogP contribution is 2.34. The van der Waals surface area contributed by atoms with Crippen molar-refractivity contribution in [1.82, 2.24) is 9.88 Å². The highest BCUT2D eigenvalue weighted by molar-refractivity contribution is 6.46. The van der Waals surface area contributed by atoms with E-state index in [2.05, 4.69) is 5.32 Å². The Morgan fingerprint density at radius 3 is 2.45 bits per heavy atom. The third-order valence-electron chi connectivity index (χ3n) is 4.67. The van der Waals surface area contributed by atoms with Gasteiger partial charge < -0.3 is 9.30 Å². The minimum Gasteiger partial charge on any atom is -0.497 e. The van der Waals surface area contributed by atoms with E-state index in [0.717, 1.165) is 16.3 Å². The van der Waals surface area contributed by atoms with Crippen LogP contribution in [0.5, 0.6) is 5.75 Å². The Hall–Kier alpha value is -3.55. The van der Waals surface area contributed by atoms with E-state index in [-0.39, 0.29) is 21.3 Å². The zero-order valence-electron chi connectivity index (χ0n) is 16.1.